The molecule has 0 amide bonds. The highest BCUT2D eigenvalue weighted by atomic mass is 16.5. The average molecular weight is 291 g/mol. The van der Waals surface area contributed by atoms with Crippen molar-refractivity contribution in [3.8, 4) is 0 Å². The maximum Gasteiger partial charge on any atom is 0.0500 e. The predicted octanol–water partition coefficient (Wildman–Crippen LogP) is 2.86. The molecule has 3 nitrogen and oxygen atoms in total. The standard InChI is InChI=1S/C18H29NO2/c1-3-16-5-7-17(8-6-16)13-19-11-4-9-18(14-19,15-20)10-12-21-2/h5-8,20H,3-4,9-15H2,1-2H3/t18-/m1/s1. The number of hydrogen-bond donors (Lipinski definition) is 1. The summed E-state index contributed by atoms with van der Waals surface area (Å²) in [5, 5.41) is 9.84. The maximum atomic E-state index is 9.84. The predicted molar refractivity (Wildman–Crippen MR) is 86.3 cm³/mol. The van der Waals surface area contributed by atoms with Crippen LogP contribution in [0.3, 0.4) is 0 Å². The van der Waals surface area contributed by atoms with Gasteiger partial charge >= 0.3 is 0 Å². The normalized spacial score (nSPS) is 23.4. The number of benzene rings is 1. The fraction of sp³-hybridized carbons (Fsp3) is 0.667. The van der Waals surface area contributed by atoms with Crippen LogP contribution in [0.1, 0.15) is 37.3 Å². The van der Waals surface area contributed by atoms with Gasteiger partial charge in [-0.05, 0) is 43.4 Å². The minimum Gasteiger partial charge on any atom is -0.396 e. The van der Waals surface area contributed by atoms with E-state index in [0.717, 1.165) is 51.9 Å². The molecule has 0 aromatic heterocycles. The van der Waals surface area contributed by atoms with Gasteiger partial charge in [0, 0.05) is 32.2 Å². The summed E-state index contributed by atoms with van der Waals surface area (Å²) in [7, 11) is 1.74. The Balaban J connectivity index is 1.96. The van der Waals surface area contributed by atoms with Gasteiger partial charge in [0.1, 0.15) is 0 Å². The highest BCUT2D eigenvalue weighted by Gasteiger charge is 2.34. The summed E-state index contributed by atoms with van der Waals surface area (Å²) in [4.78, 5) is 2.48. The fourth-order valence-electron chi connectivity index (χ4n) is 3.31. The van der Waals surface area contributed by atoms with Crippen LogP contribution in [-0.4, -0.2) is 43.4 Å². The molecule has 0 spiro atoms. The Kier molecular flexibility index (Phi) is 6.22. The zero-order valence-electron chi connectivity index (χ0n) is 13.5. The van der Waals surface area contributed by atoms with Crippen molar-refractivity contribution >= 4 is 0 Å². The number of aliphatic hydroxyl groups excluding tert-OH is 1. The molecule has 118 valence electrons. The summed E-state index contributed by atoms with van der Waals surface area (Å²) >= 11 is 0. The van der Waals surface area contributed by atoms with Crippen LogP contribution in [0.2, 0.25) is 0 Å². The molecule has 21 heavy (non-hydrogen) atoms. The molecule has 0 radical (unpaired) electrons. The van der Waals surface area contributed by atoms with Crippen LogP contribution < -0.4 is 0 Å². The third kappa shape index (κ3) is 4.53. The molecule has 2 rings (SSSR count). The largest absolute Gasteiger partial charge is 0.396 e. The number of nitrogens with zero attached hydrogens (tertiary/aromatic N) is 1. The number of hydrogen-bond acceptors (Lipinski definition) is 3. The molecule has 1 saturated heterocycles. The van der Waals surface area contributed by atoms with Gasteiger partial charge in [0.2, 0.25) is 0 Å². The second-order valence-corrected chi connectivity index (χ2v) is 6.39. The van der Waals surface area contributed by atoms with Crippen LogP contribution in [0.25, 0.3) is 0 Å². The summed E-state index contributed by atoms with van der Waals surface area (Å²) in [6.07, 6.45) is 4.31. The second-order valence-electron chi connectivity index (χ2n) is 6.39. The maximum absolute atomic E-state index is 9.84. The number of methoxy groups -OCH3 is 1. The molecular weight excluding hydrogens is 262 g/mol. The van der Waals surface area contributed by atoms with Crippen molar-refractivity contribution < 1.29 is 9.84 Å². The molecule has 1 aliphatic rings. The van der Waals surface area contributed by atoms with E-state index < -0.39 is 0 Å². The number of rotatable bonds is 7. The first kappa shape index (κ1) is 16.5. The molecule has 1 atom stereocenters. The minimum absolute atomic E-state index is 0.0254. The molecule has 3 heteroatoms. The number of piperidine rings is 1. The molecule has 1 N–H and O–H groups in total. The van der Waals surface area contributed by atoms with Gasteiger partial charge < -0.3 is 9.84 Å². The Bertz CT molecular complexity index is 418. The van der Waals surface area contributed by atoms with E-state index in [0.29, 0.717) is 0 Å². The van der Waals surface area contributed by atoms with Crippen molar-refractivity contribution in [2.24, 2.45) is 5.41 Å². The van der Waals surface area contributed by atoms with Crippen LogP contribution in [0.5, 0.6) is 0 Å². The van der Waals surface area contributed by atoms with Crippen molar-refractivity contribution in [3.63, 3.8) is 0 Å². The minimum atomic E-state index is 0.0254. The first-order chi connectivity index (χ1) is 10.2. The average Bonchev–Trinajstić information content (AvgIpc) is 2.54. The van der Waals surface area contributed by atoms with Gasteiger partial charge in [-0.2, -0.15) is 0 Å². The molecule has 0 saturated carbocycles. The lowest BCUT2D eigenvalue weighted by Crippen LogP contribution is -2.45. The van der Waals surface area contributed by atoms with Crippen LogP contribution in [0, 0.1) is 5.41 Å². The summed E-state index contributed by atoms with van der Waals surface area (Å²) in [5.74, 6) is 0. The summed E-state index contributed by atoms with van der Waals surface area (Å²) in [6.45, 7) is 6.28. The first-order valence-corrected chi connectivity index (χ1v) is 8.11. The van der Waals surface area contributed by atoms with Gasteiger partial charge in [0.05, 0.1) is 6.61 Å². The molecule has 1 aromatic carbocycles. The quantitative estimate of drug-likeness (QED) is 0.838. The number of aliphatic hydroxyl groups is 1. The molecule has 1 aliphatic heterocycles. The molecule has 1 fully saturated rings. The Morgan fingerprint density at radius 2 is 1.95 bits per heavy atom. The Morgan fingerprint density at radius 1 is 1.24 bits per heavy atom. The molecule has 1 aromatic rings. The monoisotopic (exact) mass is 291 g/mol. The lowest BCUT2D eigenvalue weighted by Gasteiger charge is -2.42. The Labute approximate surface area is 128 Å². The van der Waals surface area contributed by atoms with Crippen molar-refractivity contribution in [1.29, 1.82) is 0 Å². The highest BCUT2D eigenvalue weighted by molar-refractivity contribution is 5.22. The van der Waals surface area contributed by atoms with Gasteiger partial charge in [-0.3, -0.25) is 4.90 Å². The topological polar surface area (TPSA) is 32.7 Å². The lowest BCUT2D eigenvalue weighted by molar-refractivity contribution is 0.00476. The van der Waals surface area contributed by atoms with Crippen molar-refractivity contribution in [3.05, 3.63) is 35.4 Å². The Morgan fingerprint density at radius 3 is 2.57 bits per heavy atom. The SMILES string of the molecule is CCc1ccc(CN2CCC[C@@](CO)(CCOC)C2)cc1. The van der Waals surface area contributed by atoms with Gasteiger partial charge in [-0.15, -0.1) is 0 Å². The summed E-state index contributed by atoms with van der Waals surface area (Å²) in [6, 6.07) is 8.93. The fourth-order valence-corrected chi connectivity index (χ4v) is 3.31. The van der Waals surface area contributed by atoms with E-state index in [9.17, 15) is 5.11 Å². The van der Waals surface area contributed by atoms with E-state index >= 15 is 0 Å². The van der Waals surface area contributed by atoms with Gasteiger partial charge in [-0.25, -0.2) is 0 Å². The van der Waals surface area contributed by atoms with Crippen molar-refractivity contribution in [2.45, 2.75) is 39.2 Å². The second kappa shape index (κ2) is 7.92. The third-order valence-corrected chi connectivity index (χ3v) is 4.75. The molecular formula is C18H29NO2. The van der Waals surface area contributed by atoms with Crippen molar-refractivity contribution in [2.75, 3.05) is 33.4 Å². The van der Waals surface area contributed by atoms with E-state index in [1.54, 1.807) is 7.11 Å². The molecule has 0 unspecified atom stereocenters. The highest BCUT2D eigenvalue weighted by Crippen LogP contribution is 2.33. The van der Waals surface area contributed by atoms with Crippen molar-refractivity contribution in [1.82, 2.24) is 4.90 Å². The van der Waals surface area contributed by atoms with E-state index in [1.807, 2.05) is 0 Å². The third-order valence-electron chi connectivity index (χ3n) is 4.75. The smallest absolute Gasteiger partial charge is 0.0500 e. The Hall–Kier alpha value is -0.900. The van der Waals surface area contributed by atoms with Crippen LogP contribution in [-0.2, 0) is 17.7 Å². The van der Waals surface area contributed by atoms with Crippen LogP contribution in [0.4, 0.5) is 0 Å². The molecule has 0 aliphatic carbocycles. The number of ether oxygens (including phenoxy) is 1. The molecule has 0 bridgehead atoms. The first-order valence-electron chi connectivity index (χ1n) is 8.11. The van der Waals surface area contributed by atoms with Crippen LogP contribution >= 0.6 is 0 Å². The van der Waals surface area contributed by atoms with Gasteiger partial charge in [-0.1, -0.05) is 31.2 Å². The van der Waals surface area contributed by atoms with E-state index in [4.69, 9.17) is 4.74 Å². The van der Waals surface area contributed by atoms with E-state index in [1.165, 1.54) is 11.1 Å². The van der Waals surface area contributed by atoms with Gasteiger partial charge in [0.15, 0.2) is 0 Å². The number of likely N-dealkylation sites (tertiary alicyclic amines) is 1. The zero-order valence-corrected chi connectivity index (χ0v) is 13.5. The summed E-state index contributed by atoms with van der Waals surface area (Å²) in [5.41, 5.74) is 2.78. The van der Waals surface area contributed by atoms with E-state index in [2.05, 4.69) is 36.1 Å². The molecule has 1 heterocycles. The van der Waals surface area contributed by atoms with E-state index in [-0.39, 0.29) is 12.0 Å². The number of aryl methyl sites for hydroxylation is 1. The van der Waals surface area contributed by atoms with Crippen LogP contribution in [0.15, 0.2) is 24.3 Å². The zero-order chi connectivity index (χ0) is 15.1. The lowest BCUT2D eigenvalue weighted by atomic mass is 9.78. The summed E-state index contributed by atoms with van der Waals surface area (Å²) < 4.78 is 5.22. The van der Waals surface area contributed by atoms with Gasteiger partial charge in [0.25, 0.3) is 0 Å².